The molecule has 0 aliphatic heterocycles. The second-order valence-electron chi connectivity index (χ2n) is 4.96. The van der Waals surface area contributed by atoms with Crippen molar-refractivity contribution in [3.05, 3.63) is 23.8 Å². The fourth-order valence-corrected chi connectivity index (χ4v) is 2.55. The van der Waals surface area contributed by atoms with Gasteiger partial charge in [-0.3, -0.25) is 0 Å². The summed E-state index contributed by atoms with van der Waals surface area (Å²) in [7, 11) is 0. The molecular weight excluding hydrogens is 228 g/mol. The number of anilines is 2. The first kappa shape index (κ1) is 12.7. The summed E-state index contributed by atoms with van der Waals surface area (Å²) in [6, 6.07) is 5.09. The molecule has 1 aromatic rings. The Bertz CT molecular complexity index is 426. The van der Waals surface area contributed by atoms with Gasteiger partial charge < -0.3 is 16.2 Å². The maximum atomic E-state index is 11.0. The number of carboxylic acid groups (broad SMARTS) is 1. The molecule has 4 N–H and O–H groups in total. The molecular formula is C14H20N2O2. The van der Waals surface area contributed by atoms with Crippen LogP contribution in [0.2, 0.25) is 0 Å². The number of para-hydroxylation sites is 1. The summed E-state index contributed by atoms with van der Waals surface area (Å²) >= 11 is 0. The standard InChI is InChI=1S/C14H20N2O2/c15-13-11(14(17)18)7-4-8-12(13)16-9-10-5-2-1-3-6-10/h4,7-8,10,16H,1-3,5-6,9,15H2,(H,17,18). The van der Waals surface area contributed by atoms with Crippen LogP contribution in [0.4, 0.5) is 11.4 Å². The largest absolute Gasteiger partial charge is 0.478 e. The van der Waals surface area contributed by atoms with E-state index in [4.69, 9.17) is 10.8 Å². The first-order valence-corrected chi connectivity index (χ1v) is 6.54. The molecule has 0 atom stereocenters. The Hall–Kier alpha value is -1.71. The lowest BCUT2D eigenvalue weighted by molar-refractivity contribution is 0.0698. The Kier molecular flexibility index (Phi) is 4.07. The van der Waals surface area contributed by atoms with E-state index in [9.17, 15) is 4.79 Å². The number of nitrogens with two attached hydrogens (primary N) is 1. The molecule has 0 radical (unpaired) electrons. The normalized spacial score (nSPS) is 16.4. The minimum atomic E-state index is -0.978. The van der Waals surface area contributed by atoms with Crippen LogP contribution in [-0.4, -0.2) is 17.6 Å². The molecule has 1 aromatic carbocycles. The molecule has 0 aromatic heterocycles. The third-order valence-corrected chi connectivity index (χ3v) is 3.64. The number of benzene rings is 1. The fourth-order valence-electron chi connectivity index (χ4n) is 2.55. The van der Waals surface area contributed by atoms with Gasteiger partial charge >= 0.3 is 5.97 Å². The molecule has 1 aliphatic rings. The minimum Gasteiger partial charge on any atom is -0.478 e. The van der Waals surface area contributed by atoms with Gasteiger partial charge in [0.1, 0.15) is 0 Å². The number of carbonyl (C=O) groups is 1. The molecule has 2 rings (SSSR count). The molecule has 0 heterocycles. The van der Waals surface area contributed by atoms with Crippen molar-refractivity contribution in [1.29, 1.82) is 0 Å². The van der Waals surface area contributed by atoms with Crippen LogP contribution in [0.3, 0.4) is 0 Å². The smallest absolute Gasteiger partial charge is 0.337 e. The van der Waals surface area contributed by atoms with Crippen molar-refractivity contribution < 1.29 is 9.90 Å². The van der Waals surface area contributed by atoms with Gasteiger partial charge in [0.2, 0.25) is 0 Å². The number of hydrogen-bond acceptors (Lipinski definition) is 3. The van der Waals surface area contributed by atoms with E-state index in [1.54, 1.807) is 6.07 Å². The van der Waals surface area contributed by atoms with Crippen LogP contribution in [0.1, 0.15) is 42.5 Å². The van der Waals surface area contributed by atoms with Crippen LogP contribution in [0.25, 0.3) is 0 Å². The van der Waals surface area contributed by atoms with E-state index in [2.05, 4.69) is 5.32 Å². The van der Waals surface area contributed by atoms with E-state index < -0.39 is 5.97 Å². The third-order valence-electron chi connectivity index (χ3n) is 3.64. The van der Waals surface area contributed by atoms with Gasteiger partial charge in [0.15, 0.2) is 0 Å². The topological polar surface area (TPSA) is 75.3 Å². The van der Waals surface area contributed by atoms with Gasteiger partial charge in [0.25, 0.3) is 0 Å². The van der Waals surface area contributed by atoms with Gasteiger partial charge in [0.05, 0.1) is 16.9 Å². The summed E-state index contributed by atoms with van der Waals surface area (Å²) in [6.45, 7) is 0.882. The Balaban J connectivity index is 2.00. The SMILES string of the molecule is Nc1c(NCC2CCCCC2)cccc1C(=O)O. The number of rotatable bonds is 4. The number of hydrogen-bond donors (Lipinski definition) is 3. The van der Waals surface area contributed by atoms with Crippen LogP contribution < -0.4 is 11.1 Å². The molecule has 0 unspecified atom stereocenters. The Morgan fingerprint density at radius 2 is 2.06 bits per heavy atom. The van der Waals surface area contributed by atoms with Crippen LogP contribution in [0.5, 0.6) is 0 Å². The van der Waals surface area contributed by atoms with Crippen LogP contribution in [0.15, 0.2) is 18.2 Å². The van der Waals surface area contributed by atoms with E-state index in [-0.39, 0.29) is 5.56 Å². The number of nitrogen functional groups attached to an aromatic ring is 1. The van der Waals surface area contributed by atoms with E-state index >= 15 is 0 Å². The Morgan fingerprint density at radius 1 is 1.33 bits per heavy atom. The lowest BCUT2D eigenvalue weighted by atomic mass is 9.89. The summed E-state index contributed by atoms with van der Waals surface area (Å²) in [4.78, 5) is 11.0. The monoisotopic (exact) mass is 248 g/mol. The number of aromatic carboxylic acids is 1. The average Bonchev–Trinajstić information content (AvgIpc) is 2.38. The summed E-state index contributed by atoms with van der Waals surface area (Å²) in [6.07, 6.45) is 6.46. The molecule has 18 heavy (non-hydrogen) atoms. The highest BCUT2D eigenvalue weighted by Gasteiger charge is 2.15. The van der Waals surface area contributed by atoms with Crippen LogP contribution in [0, 0.1) is 5.92 Å². The van der Waals surface area contributed by atoms with Gasteiger partial charge in [-0.1, -0.05) is 25.3 Å². The van der Waals surface area contributed by atoms with Crippen LogP contribution in [-0.2, 0) is 0 Å². The Morgan fingerprint density at radius 3 is 2.72 bits per heavy atom. The molecule has 0 amide bonds. The fraction of sp³-hybridized carbons (Fsp3) is 0.500. The maximum absolute atomic E-state index is 11.0. The van der Waals surface area contributed by atoms with E-state index in [1.807, 2.05) is 6.07 Å². The number of nitrogens with one attached hydrogen (secondary N) is 1. The van der Waals surface area contributed by atoms with E-state index in [0.717, 1.165) is 12.2 Å². The van der Waals surface area contributed by atoms with Crippen molar-refractivity contribution in [3.8, 4) is 0 Å². The zero-order valence-electron chi connectivity index (χ0n) is 10.5. The van der Waals surface area contributed by atoms with Gasteiger partial charge in [0, 0.05) is 6.54 Å². The van der Waals surface area contributed by atoms with Gasteiger partial charge in [-0.05, 0) is 30.9 Å². The van der Waals surface area contributed by atoms with Crippen molar-refractivity contribution in [3.63, 3.8) is 0 Å². The molecule has 98 valence electrons. The van der Waals surface area contributed by atoms with Crippen molar-refractivity contribution in [2.75, 3.05) is 17.6 Å². The quantitative estimate of drug-likeness (QED) is 0.716. The highest BCUT2D eigenvalue weighted by Crippen LogP contribution is 2.26. The van der Waals surface area contributed by atoms with Crippen LogP contribution >= 0.6 is 0 Å². The lowest BCUT2D eigenvalue weighted by Gasteiger charge is -2.22. The molecule has 1 aliphatic carbocycles. The predicted octanol–water partition coefficient (Wildman–Crippen LogP) is 2.96. The summed E-state index contributed by atoms with van der Waals surface area (Å²) in [5.41, 5.74) is 7.10. The summed E-state index contributed by atoms with van der Waals surface area (Å²) < 4.78 is 0. The van der Waals surface area contributed by atoms with Crippen molar-refractivity contribution in [2.24, 2.45) is 5.92 Å². The minimum absolute atomic E-state index is 0.170. The van der Waals surface area contributed by atoms with Crippen molar-refractivity contribution in [1.82, 2.24) is 0 Å². The van der Waals surface area contributed by atoms with Gasteiger partial charge in [-0.15, -0.1) is 0 Å². The molecule has 0 bridgehead atoms. The first-order chi connectivity index (χ1) is 8.68. The number of carboxylic acids is 1. The molecule has 0 spiro atoms. The summed E-state index contributed by atoms with van der Waals surface area (Å²) in [5.74, 6) is -0.291. The Labute approximate surface area is 107 Å². The van der Waals surface area contributed by atoms with Gasteiger partial charge in [-0.2, -0.15) is 0 Å². The van der Waals surface area contributed by atoms with E-state index in [1.165, 1.54) is 38.2 Å². The van der Waals surface area contributed by atoms with Crippen molar-refractivity contribution in [2.45, 2.75) is 32.1 Å². The average molecular weight is 248 g/mol. The molecule has 1 saturated carbocycles. The van der Waals surface area contributed by atoms with Crippen molar-refractivity contribution >= 4 is 17.3 Å². The summed E-state index contributed by atoms with van der Waals surface area (Å²) in [5, 5.41) is 12.3. The zero-order valence-corrected chi connectivity index (χ0v) is 10.5. The predicted molar refractivity (Wildman–Crippen MR) is 72.9 cm³/mol. The van der Waals surface area contributed by atoms with Gasteiger partial charge in [-0.25, -0.2) is 4.79 Å². The third kappa shape index (κ3) is 2.94. The zero-order chi connectivity index (χ0) is 13.0. The lowest BCUT2D eigenvalue weighted by Crippen LogP contribution is -2.18. The highest BCUT2D eigenvalue weighted by atomic mass is 16.4. The highest BCUT2D eigenvalue weighted by molar-refractivity contribution is 5.97. The second-order valence-corrected chi connectivity index (χ2v) is 4.96. The maximum Gasteiger partial charge on any atom is 0.337 e. The molecule has 1 fully saturated rings. The van der Waals surface area contributed by atoms with E-state index in [0.29, 0.717) is 11.6 Å². The second kappa shape index (κ2) is 5.76. The molecule has 4 nitrogen and oxygen atoms in total. The first-order valence-electron chi connectivity index (χ1n) is 6.54. The molecule has 0 saturated heterocycles. The molecule has 4 heteroatoms.